The molecule has 70 valence electrons. The molecule has 0 atom stereocenters. The van der Waals surface area contributed by atoms with Crippen molar-refractivity contribution in [3.05, 3.63) is 35.3 Å². The highest BCUT2D eigenvalue weighted by molar-refractivity contribution is 7.17. The van der Waals surface area contributed by atoms with Crippen LogP contribution in [0.25, 0.3) is 10.6 Å². The van der Waals surface area contributed by atoms with Crippen LogP contribution in [-0.2, 0) is 0 Å². The van der Waals surface area contributed by atoms with Crippen molar-refractivity contribution in [2.45, 2.75) is 0 Å². The van der Waals surface area contributed by atoms with Crippen LogP contribution in [0, 0.1) is 0 Å². The molecule has 0 aromatic carbocycles. The summed E-state index contributed by atoms with van der Waals surface area (Å²) < 4.78 is 0. The van der Waals surface area contributed by atoms with Gasteiger partial charge in [-0.2, -0.15) is 0 Å². The van der Waals surface area contributed by atoms with Crippen molar-refractivity contribution in [2.24, 2.45) is 0 Å². The van der Waals surface area contributed by atoms with E-state index < -0.39 is 0 Å². The third kappa shape index (κ3) is 1.52. The predicted molar refractivity (Wildman–Crippen MR) is 54.6 cm³/mol. The van der Waals surface area contributed by atoms with Gasteiger partial charge in [0.05, 0.1) is 9.75 Å². The largest absolute Gasteiger partial charge is 0.506 e. The van der Waals surface area contributed by atoms with E-state index in [-0.39, 0.29) is 5.75 Å². The third-order valence-electron chi connectivity index (χ3n) is 1.76. The van der Waals surface area contributed by atoms with Gasteiger partial charge in [0.25, 0.3) is 0 Å². The summed E-state index contributed by atoms with van der Waals surface area (Å²) in [5.74, 6) is 0.131. The number of hydrogen-bond donors (Lipinski definition) is 1. The van der Waals surface area contributed by atoms with E-state index in [4.69, 9.17) is 0 Å². The summed E-state index contributed by atoms with van der Waals surface area (Å²) in [6, 6.07) is 6.72. The quantitative estimate of drug-likeness (QED) is 0.765. The molecule has 0 radical (unpaired) electrons. The van der Waals surface area contributed by atoms with Gasteiger partial charge in [0.1, 0.15) is 11.4 Å². The molecule has 0 unspecified atom stereocenters. The smallest absolute Gasteiger partial charge is 0.160 e. The number of nitrogens with zero attached hydrogens (tertiary/aromatic N) is 1. The number of carbonyl (C=O) groups excluding carboxylic acids is 1. The fourth-order valence-corrected chi connectivity index (χ4v) is 1.96. The molecule has 0 aliphatic heterocycles. The van der Waals surface area contributed by atoms with E-state index in [1.807, 2.05) is 0 Å². The van der Waals surface area contributed by atoms with Crippen LogP contribution in [0.2, 0.25) is 0 Å². The Morgan fingerprint density at radius 1 is 1.36 bits per heavy atom. The first-order valence-electron chi connectivity index (χ1n) is 4.00. The number of aromatic nitrogens is 1. The zero-order valence-electron chi connectivity index (χ0n) is 7.18. The minimum Gasteiger partial charge on any atom is -0.506 e. The summed E-state index contributed by atoms with van der Waals surface area (Å²) >= 11 is 1.31. The number of pyridine rings is 1. The lowest BCUT2D eigenvalue weighted by atomic mass is 10.3. The highest BCUT2D eigenvalue weighted by Crippen LogP contribution is 2.31. The van der Waals surface area contributed by atoms with E-state index >= 15 is 0 Å². The van der Waals surface area contributed by atoms with Crippen LogP contribution in [0.1, 0.15) is 9.67 Å². The third-order valence-corrected chi connectivity index (χ3v) is 2.78. The first-order chi connectivity index (χ1) is 6.81. The van der Waals surface area contributed by atoms with E-state index in [2.05, 4.69) is 4.98 Å². The van der Waals surface area contributed by atoms with Crippen LogP contribution >= 0.6 is 11.3 Å². The number of aldehydes is 1. The van der Waals surface area contributed by atoms with Gasteiger partial charge in [0.15, 0.2) is 6.29 Å². The summed E-state index contributed by atoms with van der Waals surface area (Å²) in [6.45, 7) is 0. The fraction of sp³-hybridized carbons (Fsp3) is 0. The van der Waals surface area contributed by atoms with Gasteiger partial charge in [-0.1, -0.05) is 0 Å². The van der Waals surface area contributed by atoms with E-state index in [1.54, 1.807) is 30.5 Å². The molecule has 0 bridgehead atoms. The molecular weight excluding hydrogens is 198 g/mol. The second-order valence-corrected chi connectivity index (χ2v) is 3.81. The number of hydrogen-bond acceptors (Lipinski definition) is 4. The van der Waals surface area contributed by atoms with Crippen molar-refractivity contribution in [1.82, 2.24) is 4.98 Å². The molecule has 3 nitrogen and oxygen atoms in total. The Labute approximate surface area is 84.7 Å². The van der Waals surface area contributed by atoms with Crippen molar-refractivity contribution < 1.29 is 9.90 Å². The molecule has 0 fully saturated rings. The van der Waals surface area contributed by atoms with Crippen LogP contribution in [-0.4, -0.2) is 16.4 Å². The molecule has 0 aliphatic carbocycles. The van der Waals surface area contributed by atoms with E-state index in [9.17, 15) is 9.90 Å². The number of thiophene rings is 1. The average molecular weight is 205 g/mol. The topological polar surface area (TPSA) is 50.2 Å². The second kappa shape index (κ2) is 3.59. The average Bonchev–Trinajstić information content (AvgIpc) is 2.67. The molecule has 1 N–H and O–H groups in total. The zero-order valence-corrected chi connectivity index (χ0v) is 7.99. The summed E-state index contributed by atoms with van der Waals surface area (Å²) in [6.07, 6.45) is 2.39. The number of rotatable bonds is 2. The minimum absolute atomic E-state index is 0.131. The molecule has 2 aromatic heterocycles. The Morgan fingerprint density at radius 2 is 2.21 bits per heavy atom. The normalized spacial score (nSPS) is 10.0. The Hall–Kier alpha value is -1.68. The van der Waals surface area contributed by atoms with Gasteiger partial charge in [-0.15, -0.1) is 11.3 Å². The van der Waals surface area contributed by atoms with Gasteiger partial charge in [-0.05, 0) is 24.3 Å². The first kappa shape index (κ1) is 8.90. The monoisotopic (exact) mass is 205 g/mol. The van der Waals surface area contributed by atoms with Crippen LogP contribution in [0.15, 0.2) is 30.5 Å². The van der Waals surface area contributed by atoms with Crippen molar-refractivity contribution in [1.29, 1.82) is 0 Å². The van der Waals surface area contributed by atoms with Gasteiger partial charge in [0.2, 0.25) is 0 Å². The standard InChI is InChI=1S/C10H7NO2S/c12-6-7-3-4-9(14-7)10-8(13)2-1-5-11-10/h1-6,13H. The van der Waals surface area contributed by atoms with Crippen molar-refractivity contribution in [2.75, 3.05) is 0 Å². The first-order valence-corrected chi connectivity index (χ1v) is 4.82. The van der Waals surface area contributed by atoms with Crippen molar-refractivity contribution in [3.8, 4) is 16.3 Å². The molecular formula is C10H7NO2S. The lowest BCUT2D eigenvalue weighted by Crippen LogP contribution is -1.78. The number of aromatic hydroxyl groups is 1. The number of carbonyl (C=O) groups is 1. The molecule has 0 amide bonds. The molecule has 2 rings (SSSR count). The SMILES string of the molecule is O=Cc1ccc(-c2ncccc2O)s1. The van der Waals surface area contributed by atoms with E-state index in [1.165, 1.54) is 11.3 Å². The van der Waals surface area contributed by atoms with Gasteiger partial charge in [0, 0.05) is 6.20 Å². The summed E-state index contributed by atoms with van der Waals surface area (Å²) in [7, 11) is 0. The van der Waals surface area contributed by atoms with Crippen LogP contribution in [0.4, 0.5) is 0 Å². The van der Waals surface area contributed by atoms with Crippen LogP contribution < -0.4 is 0 Å². The maximum Gasteiger partial charge on any atom is 0.160 e. The van der Waals surface area contributed by atoms with Crippen LogP contribution in [0.3, 0.4) is 0 Å². The van der Waals surface area contributed by atoms with Gasteiger partial charge < -0.3 is 5.11 Å². The maximum atomic E-state index is 10.5. The molecule has 2 heterocycles. The van der Waals surface area contributed by atoms with Gasteiger partial charge >= 0.3 is 0 Å². The molecule has 0 saturated heterocycles. The maximum absolute atomic E-state index is 10.5. The van der Waals surface area contributed by atoms with E-state index in [0.29, 0.717) is 10.6 Å². The molecule has 0 spiro atoms. The van der Waals surface area contributed by atoms with Crippen LogP contribution in [0.5, 0.6) is 5.75 Å². The lowest BCUT2D eigenvalue weighted by Gasteiger charge is -1.98. The zero-order chi connectivity index (χ0) is 9.97. The Morgan fingerprint density at radius 3 is 2.86 bits per heavy atom. The molecule has 14 heavy (non-hydrogen) atoms. The van der Waals surface area contributed by atoms with Gasteiger partial charge in [-0.3, -0.25) is 9.78 Å². The lowest BCUT2D eigenvalue weighted by molar-refractivity contribution is 0.112. The molecule has 2 aromatic rings. The minimum atomic E-state index is 0.131. The summed E-state index contributed by atoms with van der Waals surface area (Å²) in [5.41, 5.74) is 0.519. The fourth-order valence-electron chi connectivity index (χ4n) is 1.13. The highest BCUT2D eigenvalue weighted by Gasteiger charge is 2.07. The molecule has 4 heteroatoms. The second-order valence-electron chi connectivity index (χ2n) is 2.69. The highest BCUT2D eigenvalue weighted by atomic mass is 32.1. The Balaban J connectivity index is 2.49. The summed E-state index contributed by atoms with van der Waals surface area (Å²) in [4.78, 5) is 15.9. The predicted octanol–water partition coefficient (Wildman–Crippen LogP) is 2.33. The van der Waals surface area contributed by atoms with Crippen molar-refractivity contribution in [3.63, 3.8) is 0 Å². The van der Waals surface area contributed by atoms with Gasteiger partial charge in [-0.25, -0.2) is 0 Å². The molecule has 0 aliphatic rings. The Kier molecular flexibility index (Phi) is 2.28. The van der Waals surface area contributed by atoms with E-state index in [0.717, 1.165) is 11.2 Å². The molecule has 0 saturated carbocycles. The summed E-state index contributed by atoms with van der Waals surface area (Å²) in [5, 5.41) is 9.50. The Bertz CT molecular complexity index is 465. The van der Waals surface area contributed by atoms with Crippen molar-refractivity contribution >= 4 is 17.6 Å².